The monoisotopic (exact) mass is 474 g/mol. The number of nitrogens with one attached hydrogen (secondary N) is 1. The molecule has 0 bridgehead atoms. The molecule has 36 heavy (non-hydrogen) atoms. The summed E-state index contributed by atoms with van der Waals surface area (Å²) in [7, 11) is 0. The maximum Gasteiger partial charge on any atom is 0.0500 e. The number of rotatable bonds is 3. The lowest BCUT2D eigenvalue weighted by Gasteiger charge is -2.29. The Bertz CT molecular complexity index is 1440. The highest BCUT2D eigenvalue weighted by Gasteiger charge is 2.26. The van der Waals surface area contributed by atoms with Gasteiger partial charge in [-0.15, -0.1) is 0 Å². The highest BCUT2D eigenvalue weighted by Crippen LogP contribution is 2.40. The van der Waals surface area contributed by atoms with Gasteiger partial charge in [0.05, 0.1) is 0 Å². The molecule has 2 unspecified atom stereocenters. The van der Waals surface area contributed by atoms with E-state index >= 15 is 0 Å². The third-order valence-corrected chi connectivity index (χ3v) is 9.24. The quantitative estimate of drug-likeness (QED) is 0.531. The standard InChI is InChI=1S/C34H38N2/c1-23-8-17-33-32(19-23)31-16-13-28(27-10-9-24-5-2-3-6-26(24)20-27)21-34(31)36(33)30-14-11-25(12-15-30)29-7-4-18-35-22-29/h4,7,10-11,14,17-21,23-24,35H,2-3,5-6,8-9,12-13,15-16,22H2,1H3. The molecular formula is C34H38N2. The van der Waals surface area contributed by atoms with Crippen molar-refractivity contribution in [1.29, 1.82) is 0 Å². The topological polar surface area (TPSA) is 17.0 Å². The highest BCUT2D eigenvalue weighted by atomic mass is 15.0. The molecule has 1 N–H and O–H groups in total. The fraction of sp³-hybridized carbons (Fsp3) is 0.412. The van der Waals surface area contributed by atoms with E-state index in [1.807, 2.05) is 6.20 Å². The van der Waals surface area contributed by atoms with Gasteiger partial charge in [0, 0.05) is 23.3 Å². The first-order valence-electron chi connectivity index (χ1n) is 14.3. The van der Waals surface area contributed by atoms with Crippen molar-refractivity contribution in [3.8, 4) is 0 Å². The van der Waals surface area contributed by atoms with Crippen molar-refractivity contribution in [2.75, 3.05) is 6.54 Å². The van der Waals surface area contributed by atoms with E-state index in [9.17, 15) is 0 Å². The van der Waals surface area contributed by atoms with Gasteiger partial charge in [0.2, 0.25) is 0 Å². The summed E-state index contributed by atoms with van der Waals surface area (Å²) in [5, 5.41) is 6.33. The molecule has 0 saturated heterocycles. The van der Waals surface area contributed by atoms with E-state index in [0.29, 0.717) is 5.92 Å². The Morgan fingerprint density at radius 3 is 2.67 bits per heavy atom. The van der Waals surface area contributed by atoms with Crippen LogP contribution in [0.5, 0.6) is 0 Å². The number of fused-ring (bicyclic) bond motifs is 4. The molecule has 0 amide bonds. The van der Waals surface area contributed by atoms with Crippen LogP contribution in [0, 0.1) is 11.8 Å². The van der Waals surface area contributed by atoms with Crippen LogP contribution in [0.25, 0.3) is 23.9 Å². The zero-order valence-corrected chi connectivity index (χ0v) is 21.7. The summed E-state index contributed by atoms with van der Waals surface area (Å²) < 4.78 is 2.63. The van der Waals surface area contributed by atoms with Gasteiger partial charge in [0.25, 0.3) is 0 Å². The molecule has 2 nitrogen and oxygen atoms in total. The molecule has 1 aromatic heterocycles. The van der Waals surface area contributed by atoms with Gasteiger partial charge < -0.3 is 9.88 Å². The van der Waals surface area contributed by atoms with Crippen LogP contribution in [-0.4, -0.2) is 11.1 Å². The summed E-state index contributed by atoms with van der Waals surface area (Å²) in [5.41, 5.74) is 12.2. The number of dihydropyridines is 1. The largest absolute Gasteiger partial charge is 0.387 e. The molecule has 0 radical (unpaired) electrons. The molecule has 184 valence electrons. The minimum atomic E-state index is 0.627. The minimum absolute atomic E-state index is 0.627. The lowest BCUT2D eigenvalue weighted by molar-refractivity contribution is 0.451. The summed E-state index contributed by atoms with van der Waals surface area (Å²) in [5.74, 6) is 1.45. The number of allylic oxidation sites excluding steroid dienone is 10. The molecule has 1 saturated carbocycles. The zero-order valence-electron chi connectivity index (χ0n) is 21.7. The fourth-order valence-electron chi connectivity index (χ4n) is 7.24. The first-order chi connectivity index (χ1) is 17.7. The van der Waals surface area contributed by atoms with E-state index in [4.69, 9.17) is 0 Å². The summed E-state index contributed by atoms with van der Waals surface area (Å²) in [6, 6.07) is 0. The molecule has 5 aliphatic carbocycles. The zero-order chi connectivity index (χ0) is 24.1. The van der Waals surface area contributed by atoms with Gasteiger partial charge in [-0.1, -0.05) is 55.4 Å². The fourth-order valence-corrected chi connectivity index (χ4v) is 7.24. The van der Waals surface area contributed by atoms with E-state index < -0.39 is 0 Å². The number of hydrogen-bond donors (Lipinski definition) is 1. The number of aromatic nitrogens is 1. The average Bonchev–Trinajstić information content (AvgIpc) is 3.26. The van der Waals surface area contributed by atoms with Crippen LogP contribution in [0.3, 0.4) is 0 Å². The average molecular weight is 475 g/mol. The second kappa shape index (κ2) is 9.14. The third-order valence-electron chi connectivity index (χ3n) is 9.24. The Labute approximate surface area is 215 Å². The molecule has 1 fully saturated rings. The molecule has 1 aliphatic heterocycles. The molecule has 2 heterocycles. The summed E-state index contributed by atoms with van der Waals surface area (Å²) in [4.78, 5) is 0. The molecule has 2 atom stereocenters. The first-order valence-corrected chi connectivity index (χ1v) is 14.3. The van der Waals surface area contributed by atoms with Crippen LogP contribution < -0.4 is 15.9 Å². The van der Waals surface area contributed by atoms with E-state index in [2.05, 4.69) is 71.5 Å². The maximum atomic E-state index is 3.37. The van der Waals surface area contributed by atoms with E-state index in [1.165, 1.54) is 77.2 Å². The van der Waals surface area contributed by atoms with Gasteiger partial charge in [0.1, 0.15) is 0 Å². The molecule has 6 aliphatic rings. The van der Waals surface area contributed by atoms with Gasteiger partial charge in [-0.25, -0.2) is 0 Å². The summed E-state index contributed by atoms with van der Waals surface area (Å²) >= 11 is 0. The molecule has 1 aromatic rings. The van der Waals surface area contributed by atoms with Crippen molar-refractivity contribution >= 4 is 23.9 Å². The van der Waals surface area contributed by atoms with Crippen molar-refractivity contribution < 1.29 is 0 Å². The Balaban J connectivity index is 1.31. The predicted molar refractivity (Wildman–Crippen MR) is 152 cm³/mol. The van der Waals surface area contributed by atoms with E-state index in [-0.39, 0.29) is 0 Å². The summed E-state index contributed by atoms with van der Waals surface area (Å²) in [6.07, 6.45) is 36.4. The SMILES string of the molecule is CC1C=c2c3c(n(C4=CC=C(C5=CC=CNC5)CC4)c2=CC1)C=C(C1=CCC2CCCCC2=C1)CC3. The van der Waals surface area contributed by atoms with Crippen molar-refractivity contribution in [1.82, 2.24) is 9.88 Å². The molecule has 2 heteroatoms. The highest BCUT2D eigenvalue weighted by molar-refractivity contribution is 5.71. The van der Waals surface area contributed by atoms with Crippen molar-refractivity contribution in [3.05, 3.63) is 92.3 Å². The van der Waals surface area contributed by atoms with Gasteiger partial charge in [-0.3, -0.25) is 0 Å². The predicted octanol–water partition coefficient (Wildman–Crippen LogP) is 6.47. The van der Waals surface area contributed by atoms with Gasteiger partial charge in [0.15, 0.2) is 0 Å². The van der Waals surface area contributed by atoms with Crippen molar-refractivity contribution in [3.63, 3.8) is 0 Å². The van der Waals surface area contributed by atoms with E-state index in [0.717, 1.165) is 38.1 Å². The van der Waals surface area contributed by atoms with Crippen LogP contribution in [0.1, 0.15) is 76.0 Å². The van der Waals surface area contributed by atoms with Gasteiger partial charge in [-0.05, 0) is 127 Å². The second-order valence-electron chi connectivity index (χ2n) is 11.6. The van der Waals surface area contributed by atoms with Crippen LogP contribution >= 0.6 is 0 Å². The second-order valence-corrected chi connectivity index (χ2v) is 11.6. The lowest BCUT2D eigenvalue weighted by atomic mass is 9.76. The maximum absolute atomic E-state index is 3.37. The molecular weight excluding hydrogens is 436 g/mol. The molecule has 7 rings (SSSR count). The molecule has 0 spiro atoms. The smallest absolute Gasteiger partial charge is 0.0500 e. The number of hydrogen-bond acceptors (Lipinski definition) is 1. The van der Waals surface area contributed by atoms with Crippen LogP contribution in [0.4, 0.5) is 0 Å². The normalized spacial score (nSPS) is 26.8. The van der Waals surface area contributed by atoms with Gasteiger partial charge in [-0.2, -0.15) is 0 Å². The van der Waals surface area contributed by atoms with Crippen molar-refractivity contribution in [2.24, 2.45) is 11.8 Å². The Kier molecular flexibility index (Phi) is 5.64. The van der Waals surface area contributed by atoms with Gasteiger partial charge >= 0.3 is 0 Å². The summed E-state index contributed by atoms with van der Waals surface area (Å²) in [6.45, 7) is 3.31. The van der Waals surface area contributed by atoms with Crippen molar-refractivity contribution in [2.45, 2.75) is 71.1 Å². The number of nitrogens with zero attached hydrogens (tertiary/aromatic N) is 1. The third kappa shape index (κ3) is 3.86. The van der Waals surface area contributed by atoms with Crippen LogP contribution in [-0.2, 0) is 6.42 Å². The first kappa shape index (κ1) is 22.2. The van der Waals surface area contributed by atoms with Crippen LogP contribution in [0.15, 0.2) is 70.5 Å². The van der Waals surface area contributed by atoms with E-state index in [1.54, 1.807) is 16.7 Å². The van der Waals surface area contributed by atoms with Crippen LogP contribution in [0.2, 0.25) is 0 Å². The Morgan fingerprint density at radius 2 is 1.81 bits per heavy atom. The molecule has 0 aromatic carbocycles. The Morgan fingerprint density at radius 1 is 0.861 bits per heavy atom. The lowest BCUT2D eigenvalue weighted by Crippen LogP contribution is -2.33. The Hall–Kier alpha value is -3.00. The minimum Gasteiger partial charge on any atom is -0.387 e.